The SMILES string of the molecule is CC(=O)Nc1ccc(/C=C/C2=CC(=C(C#N)C#N)CC(C)(C)C2)cc1. The van der Waals surface area contributed by atoms with Gasteiger partial charge in [0.2, 0.25) is 5.91 Å². The smallest absolute Gasteiger partial charge is 0.221 e. The van der Waals surface area contributed by atoms with E-state index in [2.05, 4.69) is 19.2 Å². The molecule has 126 valence electrons. The molecule has 4 nitrogen and oxygen atoms in total. The van der Waals surface area contributed by atoms with E-state index in [4.69, 9.17) is 10.5 Å². The molecular formula is C21H21N3O. The highest BCUT2D eigenvalue weighted by atomic mass is 16.1. The lowest BCUT2D eigenvalue weighted by molar-refractivity contribution is -0.114. The van der Waals surface area contributed by atoms with Crippen LogP contribution in [0.2, 0.25) is 0 Å². The van der Waals surface area contributed by atoms with E-state index in [1.54, 1.807) is 0 Å². The average Bonchev–Trinajstić information content (AvgIpc) is 2.53. The molecule has 0 aliphatic heterocycles. The molecule has 0 spiro atoms. The van der Waals surface area contributed by atoms with Gasteiger partial charge in [-0.3, -0.25) is 4.79 Å². The number of hydrogen-bond donors (Lipinski definition) is 1. The van der Waals surface area contributed by atoms with Gasteiger partial charge >= 0.3 is 0 Å². The Balaban J connectivity index is 2.24. The number of carbonyl (C=O) groups is 1. The highest BCUT2D eigenvalue weighted by Crippen LogP contribution is 2.39. The third-order valence-electron chi connectivity index (χ3n) is 3.98. The fourth-order valence-electron chi connectivity index (χ4n) is 2.98. The Kier molecular flexibility index (Phi) is 5.57. The first-order valence-electron chi connectivity index (χ1n) is 8.12. The summed E-state index contributed by atoms with van der Waals surface area (Å²) in [5, 5.41) is 21.0. The van der Waals surface area contributed by atoms with Crippen LogP contribution in [0.5, 0.6) is 0 Å². The van der Waals surface area contributed by atoms with Crippen molar-refractivity contribution in [3.05, 3.63) is 58.7 Å². The number of amides is 1. The largest absolute Gasteiger partial charge is 0.326 e. The summed E-state index contributed by atoms with van der Waals surface area (Å²) in [6.07, 6.45) is 7.60. The molecule has 0 aromatic heterocycles. The molecule has 0 saturated heterocycles. The zero-order valence-electron chi connectivity index (χ0n) is 14.8. The molecule has 1 aliphatic carbocycles. The second-order valence-corrected chi connectivity index (χ2v) is 7.00. The predicted octanol–water partition coefficient (Wildman–Crippen LogP) is 4.75. The van der Waals surface area contributed by atoms with E-state index in [-0.39, 0.29) is 16.9 Å². The molecule has 0 fully saturated rings. The summed E-state index contributed by atoms with van der Waals surface area (Å²) in [7, 11) is 0. The molecule has 4 heteroatoms. The first-order chi connectivity index (χ1) is 11.8. The van der Waals surface area contributed by atoms with Crippen LogP contribution >= 0.6 is 0 Å². The molecule has 0 saturated carbocycles. The molecule has 25 heavy (non-hydrogen) atoms. The number of benzene rings is 1. The minimum absolute atomic E-state index is 0.0119. The molecule has 1 aliphatic rings. The second kappa shape index (κ2) is 7.64. The minimum atomic E-state index is -0.0945. The van der Waals surface area contributed by atoms with Crippen LogP contribution < -0.4 is 5.32 Å². The summed E-state index contributed by atoms with van der Waals surface area (Å²) in [4.78, 5) is 11.0. The molecule has 1 aromatic rings. The van der Waals surface area contributed by atoms with Gasteiger partial charge in [0.25, 0.3) is 0 Å². The van der Waals surface area contributed by atoms with Gasteiger partial charge in [-0.25, -0.2) is 0 Å². The van der Waals surface area contributed by atoms with Crippen molar-refractivity contribution in [3.8, 4) is 12.1 Å². The monoisotopic (exact) mass is 331 g/mol. The van der Waals surface area contributed by atoms with Crippen molar-refractivity contribution in [2.75, 3.05) is 5.32 Å². The lowest BCUT2D eigenvalue weighted by atomic mass is 9.74. The number of nitrogens with zero attached hydrogens (tertiary/aromatic N) is 2. The van der Waals surface area contributed by atoms with Crippen molar-refractivity contribution in [3.63, 3.8) is 0 Å². The van der Waals surface area contributed by atoms with Gasteiger partial charge in [0.05, 0.1) is 0 Å². The van der Waals surface area contributed by atoms with Crippen LogP contribution in [0.15, 0.2) is 53.1 Å². The normalized spacial score (nSPS) is 15.9. The van der Waals surface area contributed by atoms with E-state index in [1.165, 1.54) is 6.92 Å². The van der Waals surface area contributed by atoms with Gasteiger partial charge in [-0.2, -0.15) is 10.5 Å². The quantitative estimate of drug-likeness (QED) is 0.812. The number of rotatable bonds is 3. The van der Waals surface area contributed by atoms with Crippen LogP contribution in [0.4, 0.5) is 5.69 Å². The van der Waals surface area contributed by atoms with Crippen molar-refractivity contribution in [1.82, 2.24) is 0 Å². The van der Waals surface area contributed by atoms with Crippen LogP contribution in [0.3, 0.4) is 0 Å². The summed E-state index contributed by atoms with van der Waals surface area (Å²) in [6, 6.07) is 11.6. The molecule has 2 rings (SSSR count). The first kappa shape index (κ1) is 18.2. The number of nitrogens with one attached hydrogen (secondary N) is 1. The Labute approximate surface area is 148 Å². The number of carbonyl (C=O) groups excluding carboxylic acids is 1. The summed E-state index contributed by atoms with van der Waals surface area (Å²) < 4.78 is 0. The molecule has 0 atom stereocenters. The van der Waals surface area contributed by atoms with E-state index >= 15 is 0 Å². The minimum Gasteiger partial charge on any atom is -0.326 e. The van der Waals surface area contributed by atoms with Gasteiger partial charge in [-0.1, -0.05) is 44.2 Å². The number of allylic oxidation sites excluding steroid dienone is 5. The summed E-state index contributed by atoms with van der Waals surface area (Å²) >= 11 is 0. The maximum atomic E-state index is 11.0. The summed E-state index contributed by atoms with van der Waals surface area (Å²) in [5.74, 6) is -0.0945. The van der Waals surface area contributed by atoms with Crippen molar-refractivity contribution in [2.45, 2.75) is 33.6 Å². The Bertz CT molecular complexity index is 825. The number of nitriles is 2. The molecule has 1 N–H and O–H groups in total. The fraction of sp³-hybridized carbons (Fsp3) is 0.286. The number of anilines is 1. The van der Waals surface area contributed by atoms with E-state index < -0.39 is 0 Å². The molecule has 0 unspecified atom stereocenters. The van der Waals surface area contributed by atoms with Gasteiger partial charge in [-0.05, 0) is 47.1 Å². The lowest BCUT2D eigenvalue weighted by Crippen LogP contribution is -2.17. The van der Waals surface area contributed by atoms with E-state index in [1.807, 2.05) is 54.6 Å². The third kappa shape index (κ3) is 5.19. The van der Waals surface area contributed by atoms with E-state index in [0.29, 0.717) is 0 Å². The molecule has 0 bridgehead atoms. The van der Waals surface area contributed by atoms with Crippen LogP contribution in [0, 0.1) is 28.1 Å². The average molecular weight is 331 g/mol. The van der Waals surface area contributed by atoms with Crippen LogP contribution in [-0.2, 0) is 4.79 Å². The topological polar surface area (TPSA) is 76.7 Å². The maximum Gasteiger partial charge on any atom is 0.221 e. The molecule has 0 radical (unpaired) electrons. The van der Waals surface area contributed by atoms with Crippen molar-refractivity contribution < 1.29 is 4.79 Å². The predicted molar refractivity (Wildman–Crippen MR) is 99.1 cm³/mol. The Morgan fingerprint density at radius 3 is 2.32 bits per heavy atom. The summed E-state index contributed by atoms with van der Waals surface area (Å²) in [6.45, 7) is 5.76. The molecular weight excluding hydrogens is 310 g/mol. The summed E-state index contributed by atoms with van der Waals surface area (Å²) in [5.41, 5.74) is 3.89. The van der Waals surface area contributed by atoms with Crippen molar-refractivity contribution in [1.29, 1.82) is 10.5 Å². The van der Waals surface area contributed by atoms with Crippen molar-refractivity contribution >= 4 is 17.7 Å². The molecule has 0 heterocycles. The van der Waals surface area contributed by atoms with Crippen LogP contribution in [-0.4, -0.2) is 5.91 Å². The Morgan fingerprint density at radius 1 is 1.12 bits per heavy atom. The van der Waals surface area contributed by atoms with Crippen LogP contribution in [0.25, 0.3) is 6.08 Å². The van der Waals surface area contributed by atoms with Gasteiger partial charge in [-0.15, -0.1) is 0 Å². The fourth-order valence-corrected chi connectivity index (χ4v) is 2.98. The first-order valence-corrected chi connectivity index (χ1v) is 8.12. The number of hydrogen-bond acceptors (Lipinski definition) is 3. The van der Waals surface area contributed by atoms with E-state index in [9.17, 15) is 4.79 Å². The van der Waals surface area contributed by atoms with Crippen LogP contribution in [0.1, 0.15) is 39.2 Å². The van der Waals surface area contributed by atoms with E-state index in [0.717, 1.165) is 35.2 Å². The lowest BCUT2D eigenvalue weighted by Gasteiger charge is -2.30. The molecule has 1 aromatic carbocycles. The maximum absolute atomic E-state index is 11.0. The highest BCUT2D eigenvalue weighted by Gasteiger charge is 2.26. The zero-order valence-corrected chi connectivity index (χ0v) is 14.8. The van der Waals surface area contributed by atoms with Crippen molar-refractivity contribution in [2.24, 2.45) is 5.41 Å². The zero-order chi connectivity index (χ0) is 18.4. The molecule has 1 amide bonds. The van der Waals surface area contributed by atoms with Gasteiger partial charge in [0.1, 0.15) is 17.7 Å². The second-order valence-electron chi connectivity index (χ2n) is 7.00. The third-order valence-corrected chi connectivity index (χ3v) is 3.98. The Hall–Kier alpha value is -3.11. The Morgan fingerprint density at radius 2 is 1.76 bits per heavy atom. The van der Waals surface area contributed by atoms with Gasteiger partial charge in [0, 0.05) is 12.6 Å². The van der Waals surface area contributed by atoms with Gasteiger partial charge < -0.3 is 5.32 Å². The highest BCUT2D eigenvalue weighted by molar-refractivity contribution is 5.88. The van der Waals surface area contributed by atoms with Gasteiger partial charge in [0.15, 0.2) is 0 Å². The standard InChI is InChI=1S/C21H21N3O/c1-15(25)24-20-8-6-16(7-9-20)4-5-17-10-18(19(13-22)14-23)12-21(2,3)11-17/h4-10H,11-12H2,1-3H3,(H,24,25)/b5-4+.